The first-order chi connectivity index (χ1) is 23.8. The molecule has 1 saturated heterocycles. The summed E-state index contributed by atoms with van der Waals surface area (Å²) in [6.45, 7) is 5.23. The van der Waals surface area contributed by atoms with Gasteiger partial charge in [-0.25, -0.2) is 14.3 Å². The lowest BCUT2D eigenvalue weighted by Crippen LogP contribution is -2.59. The Morgan fingerprint density at radius 3 is 2.31 bits per heavy atom. The number of ether oxygens (including phenoxy) is 2. The van der Waals surface area contributed by atoms with Gasteiger partial charge in [-0.15, -0.1) is 0 Å². The molecule has 0 spiro atoms. The zero-order valence-electron chi connectivity index (χ0n) is 28.5. The number of hydrogen-bond donors (Lipinski definition) is 3. The number of nitrogens with zero attached hydrogens (tertiary/aromatic N) is 2. The number of sulfonamides is 1. The third-order valence-electron chi connectivity index (χ3n) is 9.23. The highest BCUT2D eigenvalue weighted by Gasteiger charge is 2.63. The normalized spacial score (nSPS) is 27.2. The fourth-order valence-corrected chi connectivity index (χ4v) is 7.11. The summed E-state index contributed by atoms with van der Waals surface area (Å²) in [5.74, 6) is -4.10. The second-order valence-corrected chi connectivity index (χ2v) is 16.0. The molecule has 5 atom stereocenters. The van der Waals surface area contributed by atoms with E-state index in [0.717, 1.165) is 20.7 Å². The molecule has 3 aliphatic heterocycles. The topological polar surface area (TPSA) is 181 Å². The van der Waals surface area contributed by atoms with E-state index in [4.69, 9.17) is 9.47 Å². The van der Waals surface area contributed by atoms with Crippen LogP contribution in [-0.4, -0.2) is 89.5 Å². The highest BCUT2D eigenvalue weighted by Crippen LogP contribution is 2.46. The molecule has 1 aromatic rings. The lowest BCUT2D eigenvalue weighted by Gasteiger charge is -2.30. The van der Waals surface area contributed by atoms with Crippen LogP contribution in [0.15, 0.2) is 36.4 Å². The molecule has 2 fully saturated rings. The maximum absolute atomic E-state index is 14.2. The van der Waals surface area contributed by atoms with E-state index >= 15 is 0 Å². The first-order valence-corrected chi connectivity index (χ1v) is 18.2. The number of rotatable bonds is 4. The molecule has 4 aliphatic rings. The highest BCUT2D eigenvalue weighted by atomic mass is 32.2. The van der Waals surface area contributed by atoms with E-state index in [1.54, 1.807) is 32.9 Å². The molecule has 0 aromatic heterocycles. The van der Waals surface area contributed by atoms with Crippen molar-refractivity contribution in [2.24, 2.45) is 5.92 Å². The molecule has 5 amide bonds. The Morgan fingerprint density at radius 2 is 1.69 bits per heavy atom. The second kappa shape index (κ2) is 14.3. The van der Waals surface area contributed by atoms with E-state index in [9.17, 15) is 45.6 Å². The van der Waals surface area contributed by atoms with E-state index in [1.807, 2.05) is 24.3 Å². The van der Waals surface area contributed by atoms with Gasteiger partial charge in [0.15, 0.2) is 0 Å². The molecule has 280 valence electrons. The number of carbonyl (C=O) groups excluding carboxylic acids is 5. The van der Waals surface area contributed by atoms with Gasteiger partial charge in [0.1, 0.15) is 29.3 Å². The molecular weight excluding hydrogens is 699 g/mol. The molecule has 51 heavy (non-hydrogen) atoms. The monoisotopic (exact) mass is 741 g/mol. The van der Waals surface area contributed by atoms with Crippen molar-refractivity contribution in [3.8, 4) is 0 Å². The average molecular weight is 742 g/mol. The molecule has 0 unspecified atom stereocenters. The maximum atomic E-state index is 14.2. The predicted molar refractivity (Wildman–Crippen MR) is 174 cm³/mol. The summed E-state index contributed by atoms with van der Waals surface area (Å²) in [5, 5.41) is 5.03. The Kier molecular flexibility index (Phi) is 10.7. The second-order valence-electron chi connectivity index (χ2n) is 14.3. The van der Waals surface area contributed by atoms with Gasteiger partial charge in [-0.3, -0.25) is 19.3 Å². The van der Waals surface area contributed by atoms with Crippen LogP contribution in [0.2, 0.25) is 0 Å². The lowest BCUT2D eigenvalue weighted by atomic mass is 10.0. The quantitative estimate of drug-likeness (QED) is 0.390. The van der Waals surface area contributed by atoms with Gasteiger partial charge in [0.25, 0.3) is 5.91 Å². The van der Waals surface area contributed by atoms with E-state index in [0.29, 0.717) is 25.7 Å². The fourth-order valence-electron chi connectivity index (χ4n) is 6.57. The Labute approximate surface area is 293 Å². The maximum Gasteiger partial charge on any atom is 0.516 e. The summed E-state index contributed by atoms with van der Waals surface area (Å²) < 4.78 is 75.5. The number of fused-ring (bicyclic) bond motifs is 3. The number of nitrogens with one attached hydrogen (secondary N) is 3. The Morgan fingerprint density at radius 1 is 1.02 bits per heavy atom. The Hall–Kier alpha value is -4.35. The van der Waals surface area contributed by atoms with Gasteiger partial charge in [-0.05, 0) is 57.6 Å². The van der Waals surface area contributed by atoms with Crippen LogP contribution in [0.25, 0.3) is 0 Å². The van der Waals surface area contributed by atoms with E-state index in [1.165, 1.54) is 4.90 Å². The largest absolute Gasteiger partial charge is 0.516 e. The van der Waals surface area contributed by atoms with Crippen molar-refractivity contribution in [2.75, 3.05) is 6.54 Å². The van der Waals surface area contributed by atoms with Crippen molar-refractivity contribution >= 4 is 39.9 Å². The number of benzene rings is 1. The van der Waals surface area contributed by atoms with Crippen molar-refractivity contribution in [2.45, 2.75) is 114 Å². The molecule has 18 heteroatoms. The minimum Gasteiger partial charge on any atom is -0.444 e. The third kappa shape index (κ3) is 8.76. The Balaban J connectivity index is 1.42. The molecule has 0 bridgehead atoms. The van der Waals surface area contributed by atoms with Gasteiger partial charge in [-0.2, -0.15) is 21.6 Å². The van der Waals surface area contributed by atoms with Crippen LogP contribution >= 0.6 is 0 Å². The van der Waals surface area contributed by atoms with Crippen LogP contribution in [0.5, 0.6) is 0 Å². The van der Waals surface area contributed by atoms with Crippen LogP contribution in [0.4, 0.5) is 22.8 Å². The van der Waals surface area contributed by atoms with Crippen LogP contribution in [0.3, 0.4) is 0 Å². The molecule has 5 rings (SSSR count). The Bertz CT molecular complexity index is 1670. The van der Waals surface area contributed by atoms with Crippen molar-refractivity contribution in [3.05, 3.63) is 47.5 Å². The standard InChI is InChI=1S/C33H42F3N5O9S/c1-31(2,3)50-29(45)37-24-14-8-6-4-5-7-13-22-16-32(22,28(44)39-51(47,48)33(34,35)36)38-26(42)25-15-23(19-41(25)27(24)43)49-30(46)40-17-20-11-9-10-12-21(20)18-40/h7,9-13,22-25H,4-6,8,14-19H2,1-3H3,(H,37,45)(H,38,42)(H,39,44)/t22-,23+,24-,25-,32+/m0/s1. The first-order valence-electron chi connectivity index (χ1n) is 16.7. The fraction of sp³-hybridized carbons (Fsp3) is 0.606. The van der Waals surface area contributed by atoms with Crippen molar-refractivity contribution in [3.63, 3.8) is 0 Å². The smallest absolute Gasteiger partial charge is 0.444 e. The van der Waals surface area contributed by atoms with Crippen LogP contribution < -0.4 is 15.4 Å². The molecule has 3 heterocycles. The van der Waals surface area contributed by atoms with E-state index in [2.05, 4.69) is 10.6 Å². The van der Waals surface area contributed by atoms with Crippen LogP contribution in [0.1, 0.15) is 76.8 Å². The third-order valence-corrected chi connectivity index (χ3v) is 10.3. The molecule has 1 aromatic carbocycles. The zero-order valence-corrected chi connectivity index (χ0v) is 29.3. The summed E-state index contributed by atoms with van der Waals surface area (Å²) in [7, 11) is -6.10. The minimum atomic E-state index is -6.10. The van der Waals surface area contributed by atoms with Crippen LogP contribution in [0, 0.1) is 5.92 Å². The van der Waals surface area contributed by atoms with Crippen molar-refractivity contribution in [1.82, 2.24) is 25.2 Å². The zero-order chi connectivity index (χ0) is 37.4. The summed E-state index contributed by atoms with van der Waals surface area (Å²) in [6.07, 6.45) is 2.58. The summed E-state index contributed by atoms with van der Waals surface area (Å²) in [5.41, 5.74) is -6.88. The number of halogens is 3. The van der Waals surface area contributed by atoms with E-state index < -0.39 is 80.7 Å². The summed E-state index contributed by atoms with van der Waals surface area (Å²) >= 11 is 0. The highest BCUT2D eigenvalue weighted by molar-refractivity contribution is 7.90. The molecule has 3 N–H and O–H groups in total. The number of amides is 5. The van der Waals surface area contributed by atoms with Gasteiger partial charge >= 0.3 is 27.7 Å². The number of allylic oxidation sites excluding steroid dienone is 1. The SMILES string of the molecule is CC(C)(C)OC(=O)N[C@H]1CCCCCC=C[C@H]2C[C@@]2(C(=O)NS(=O)(=O)C(F)(F)F)NC(=O)[C@@H]2C[C@@H](OC(=O)N3Cc4ccccc4C3)CN2C1=O. The van der Waals surface area contributed by atoms with Crippen molar-refractivity contribution in [1.29, 1.82) is 0 Å². The molecule has 14 nitrogen and oxygen atoms in total. The lowest BCUT2D eigenvalue weighted by molar-refractivity contribution is -0.141. The average Bonchev–Trinajstić information content (AvgIpc) is 3.33. The minimum absolute atomic E-state index is 0.174. The van der Waals surface area contributed by atoms with Gasteiger partial charge in [-0.1, -0.05) is 49.3 Å². The predicted octanol–water partition coefficient (Wildman–Crippen LogP) is 3.36. The number of alkyl halides is 3. The summed E-state index contributed by atoms with van der Waals surface area (Å²) in [4.78, 5) is 70.0. The van der Waals surface area contributed by atoms with Gasteiger partial charge in [0.05, 0.1) is 6.54 Å². The summed E-state index contributed by atoms with van der Waals surface area (Å²) in [6, 6.07) is 4.86. The molecular formula is C33H42F3N5O9S. The number of hydrogen-bond acceptors (Lipinski definition) is 9. The van der Waals surface area contributed by atoms with Gasteiger partial charge in [0, 0.05) is 25.4 Å². The first kappa shape index (κ1) is 37.9. The molecule has 0 radical (unpaired) electrons. The number of alkyl carbamates (subject to hydrolysis) is 1. The molecule has 1 saturated carbocycles. The van der Waals surface area contributed by atoms with E-state index in [-0.39, 0.29) is 38.9 Å². The molecule has 1 aliphatic carbocycles. The number of carbonyl (C=O) groups is 5. The van der Waals surface area contributed by atoms with Gasteiger partial charge in [0.2, 0.25) is 11.8 Å². The van der Waals surface area contributed by atoms with Crippen molar-refractivity contribution < 1.29 is 55.0 Å². The van der Waals surface area contributed by atoms with Gasteiger partial charge < -0.3 is 25.0 Å². The van der Waals surface area contributed by atoms with Crippen LogP contribution in [-0.2, 0) is 47.0 Å².